The first-order valence-corrected chi connectivity index (χ1v) is 6.84. The molecular formula is C17H15N3O3. The predicted molar refractivity (Wildman–Crippen MR) is 86.8 cm³/mol. The Hall–Kier alpha value is -3.33. The first-order chi connectivity index (χ1) is 11.1. The van der Waals surface area contributed by atoms with Crippen LogP contribution in [0.25, 0.3) is 0 Å². The predicted octanol–water partition coefficient (Wildman–Crippen LogP) is 3.12. The van der Waals surface area contributed by atoms with Gasteiger partial charge in [-0.3, -0.25) is 5.43 Å². The van der Waals surface area contributed by atoms with Crippen LogP contribution in [0.4, 0.5) is 5.69 Å². The summed E-state index contributed by atoms with van der Waals surface area (Å²) >= 11 is 0. The minimum absolute atomic E-state index is 0.00783. The molecular weight excluding hydrogens is 294 g/mol. The van der Waals surface area contributed by atoms with E-state index in [1.165, 1.54) is 12.1 Å². The van der Waals surface area contributed by atoms with Crippen LogP contribution in [-0.2, 0) is 0 Å². The molecule has 0 unspecified atom stereocenters. The monoisotopic (exact) mass is 309 g/mol. The SMILES string of the molecule is CC(=NNc1cccc(C(=O)O)c1)c1ccc(OCC#N)cc1. The fourth-order valence-corrected chi connectivity index (χ4v) is 1.84. The van der Waals surface area contributed by atoms with Crippen molar-refractivity contribution in [3.8, 4) is 11.8 Å². The van der Waals surface area contributed by atoms with Crippen LogP contribution in [-0.4, -0.2) is 23.4 Å². The summed E-state index contributed by atoms with van der Waals surface area (Å²) in [4.78, 5) is 10.9. The van der Waals surface area contributed by atoms with Crippen LogP contribution in [0, 0.1) is 11.3 Å². The van der Waals surface area contributed by atoms with Crippen molar-refractivity contribution in [3.05, 3.63) is 59.7 Å². The number of hydrazone groups is 1. The molecule has 2 aromatic carbocycles. The Labute approximate surface area is 133 Å². The Bertz CT molecular complexity index is 761. The third-order valence-electron chi connectivity index (χ3n) is 3.04. The lowest BCUT2D eigenvalue weighted by Crippen LogP contribution is -2.01. The molecule has 0 fully saturated rings. The number of nitriles is 1. The van der Waals surface area contributed by atoms with E-state index in [0.29, 0.717) is 11.4 Å². The Morgan fingerprint density at radius 1 is 1.26 bits per heavy atom. The number of nitrogens with one attached hydrogen (secondary N) is 1. The molecule has 0 heterocycles. The zero-order chi connectivity index (χ0) is 16.7. The number of carboxylic acids is 1. The number of anilines is 1. The Morgan fingerprint density at radius 2 is 2.00 bits per heavy atom. The number of carboxylic acid groups (broad SMARTS) is 1. The van der Waals surface area contributed by atoms with Gasteiger partial charge in [0.2, 0.25) is 0 Å². The van der Waals surface area contributed by atoms with Gasteiger partial charge in [-0.2, -0.15) is 10.4 Å². The highest BCUT2D eigenvalue weighted by Gasteiger charge is 2.03. The average Bonchev–Trinajstić information content (AvgIpc) is 2.58. The van der Waals surface area contributed by atoms with Crippen molar-refractivity contribution in [2.75, 3.05) is 12.0 Å². The summed E-state index contributed by atoms with van der Waals surface area (Å²) in [7, 11) is 0. The highest BCUT2D eigenvalue weighted by molar-refractivity contribution is 5.99. The molecule has 6 nitrogen and oxygen atoms in total. The highest BCUT2D eigenvalue weighted by Crippen LogP contribution is 2.14. The third-order valence-corrected chi connectivity index (χ3v) is 3.04. The molecule has 2 N–H and O–H groups in total. The number of nitrogens with zero attached hydrogens (tertiary/aromatic N) is 2. The second-order valence-corrected chi connectivity index (χ2v) is 4.67. The van der Waals surface area contributed by atoms with Gasteiger partial charge in [0.05, 0.1) is 17.0 Å². The Balaban J connectivity index is 2.06. The van der Waals surface area contributed by atoms with Crippen molar-refractivity contribution in [1.82, 2.24) is 0 Å². The average molecular weight is 309 g/mol. The maximum absolute atomic E-state index is 10.9. The van der Waals surface area contributed by atoms with Gasteiger partial charge in [-0.25, -0.2) is 4.79 Å². The summed E-state index contributed by atoms with van der Waals surface area (Å²) in [5.41, 5.74) is 5.25. The van der Waals surface area contributed by atoms with Crippen molar-refractivity contribution in [2.24, 2.45) is 5.10 Å². The number of aromatic carboxylic acids is 1. The van der Waals surface area contributed by atoms with Gasteiger partial charge in [-0.15, -0.1) is 0 Å². The summed E-state index contributed by atoms with van der Waals surface area (Å²) in [6, 6.07) is 15.5. The van der Waals surface area contributed by atoms with Gasteiger partial charge in [0.15, 0.2) is 6.61 Å². The Morgan fingerprint density at radius 3 is 2.65 bits per heavy atom. The highest BCUT2D eigenvalue weighted by atomic mass is 16.5. The molecule has 0 saturated heterocycles. The largest absolute Gasteiger partial charge is 0.479 e. The third kappa shape index (κ3) is 4.58. The number of rotatable bonds is 6. The molecule has 23 heavy (non-hydrogen) atoms. The summed E-state index contributed by atoms with van der Waals surface area (Å²) in [6.45, 7) is 1.84. The molecule has 0 aromatic heterocycles. The number of hydrogen-bond donors (Lipinski definition) is 2. The molecule has 0 aliphatic heterocycles. The van der Waals surface area contributed by atoms with Crippen LogP contribution in [0.3, 0.4) is 0 Å². The van der Waals surface area contributed by atoms with Gasteiger partial charge in [0.25, 0.3) is 0 Å². The molecule has 116 valence electrons. The topological polar surface area (TPSA) is 94.7 Å². The summed E-state index contributed by atoms with van der Waals surface area (Å²) in [5, 5.41) is 21.7. The Kier molecular flexibility index (Phi) is 5.31. The molecule has 0 atom stereocenters. The first kappa shape index (κ1) is 16.0. The van der Waals surface area contributed by atoms with E-state index in [0.717, 1.165) is 11.3 Å². The fourth-order valence-electron chi connectivity index (χ4n) is 1.84. The zero-order valence-corrected chi connectivity index (χ0v) is 12.5. The smallest absolute Gasteiger partial charge is 0.335 e. The number of benzene rings is 2. The van der Waals surface area contributed by atoms with E-state index in [-0.39, 0.29) is 12.2 Å². The van der Waals surface area contributed by atoms with E-state index >= 15 is 0 Å². The van der Waals surface area contributed by atoms with Gasteiger partial charge in [-0.1, -0.05) is 6.07 Å². The lowest BCUT2D eigenvalue weighted by atomic mass is 10.1. The molecule has 0 radical (unpaired) electrons. The van der Waals surface area contributed by atoms with Crippen LogP contribution >= 0.6 is 0 Å². The quantitative estimate of drug-likeness (QED) is 0.631. The van der Waals surface area contributed by atoms with Crippen LogP contribution in [0.2, 0.25) is 0 Å². The van der Waals surface area contributed by atoms with Gasteiger partial charge in [-0.05, 0) is 55.0 Å². The van der Waals surface area contributed by atoms with Crippen molar-refractivity contribution >= 4 is 17.4 Å². The van der Waals surface area contributed by atoms with E-state index in [1.54, 1.807) is 24.3 Å². The molecule has 2 rings (SSSR count). The zero-order valence-electron chi connectivity index (χ0n) is 12.5. The maximum atomic E-state index is 10.9. The second-order valence-electron chi connectivity index (χ2n) is 4.67. The molecule has 6 heteroatoms. The minimum atomic E-state index is -0.984. The van der Waals surface area contributed by atoms with Crippen LogP contribution < -0.4 is 10.2 Å². The maximum Gasteiger partial charge on any atom is 0.335 e. The lowest BCUT2D eigenvalue weighted by Gasteiger charge is -2.06. The van der Waals surface area contributed by atoms with E-state index in [1.807, 2.05) is 25.1 Å². The van der Waals surface area contributed by atoms with Crippen LogP contribution in [0.5, 0.6) is 5.75 Å². The van der Waals surface area contributed by atoms with E-state index in [9.17, 15) is 4.79 Å². The van der Waals surface area contributed by atoms with E-state index in [4.69, 9.17) is 15.1 Å². The van der Waals surface area contributed by atoms with Gasteiger partial charge in [0.1, 0.15) is 11.8 Å². The number of carbonyl (C=O) groups is 1. The van der Waals surface area contributed by atoms with Crippen molar-refractivity contribution in [1.29, 1.82) is 5.26 Å². The molecule has 0 spiro atoms. The van der Waals surface area contributed by atoms with Crippen molar-refractivity contribution < 1.29 is 14.6 Å². The standard InChI is InChI=1S/C17H15N3O3/c1-12(13-5-7-16(8-6-13)23-10-9-18)19-20-15-4-2-3-14(11-15)17(21)22/h2-8,11,20H,10H2,1H3,(H,21,22). The summed E-state index contributed by atoms with van der Waals surface area (Å²) < 4.78 is 5.18. The molecule has 2 aromatic rings. The van der Waals surface area contributed by atoms with Crippen LogP contribution in [0.1, 0.15) is 22.8 Å². The first-order valence-electron chi connectivity index (χ1n) is 6.84. The number of ether oxygens (including phenoxy) is 1. The molecule has 0 bridgehead atoms. The van der Waals surface area contributed by atoms with Gasteiger partial charge >= 0.3 is 5.97 Å². The normalized spacial score (nSPS) is 10.7. The molecule has 0 aliphatic rings. The fraction of sp³-hybridized carbons (Fsp3) is 0.118. The van der Waals surface area contributed by atoms with Crippen LogP contribution in [0.15, 0.2) is 53.6 Å². The number of hydrogen-bond acceptors (Lipinski definition) is 5. The van der Waals surface area contributed by atoms with E-state index in [2.05, 4.69) is 10.5 Å². The summed E-state index contributed by atoms with van der Waals surface area (Å²) in [6.07, 6.45) is 0. The van der Waals surface area contributed by atoms with Gasteiger partial charge < -0.3 is 9.84 Å². The molecule has 0 saturated carbocycles. The second kappa shape index (κ2) is 7.61. The van der Waals surface area contributed by atoms with Gasteiger partial charge in [0, 0.05) is 0 Å². The summed E-state index contributed by atoms with van der Waals surface area (Å²) in [5.74, 6) is -0.368. The molecule has 0 aliphatic carbocycles. The van der Waals surface area contributed by atoms with E-state index < -0.39 is 5.97 Å². The van der Waals surface area contributed by atoms with Crippen molar-refractivity contribution in [3.63, 3.8) is 0 Å². The minimum Gasteiger partial charge on any atom is -0.479 e. The van der Waals surface area contributed by atoms with Crippen molar-refractivity contribution in [2.45, 2.75) is 6.92 Å². The lowest BCUT2D eigenvalue weighted by molar-refractivity contribution is 0.0697. The molecule has 0 amide bonds.